The van der Waals surface area contributed by atoms with Gasteiger partial charge in [-0.3, -0.25) is 9.59 Å². The standard InChI is InChI=1S/C23H26N4O4S2/c1-15-5-7-18(8-6-15)33(30,31)27-10-3-4-17(13-27)22(29)25-23-20(12-24)19-9-11-26(16(2)28)14-21(19)32-23/h5-8,17H,3-4,9-11,13-14H2,1-2H3,(H,25,29). The fourth-order valence-electron chi connectivity index (χ4n) is 4.33. The van der Waals surface area contributed by atoms with Gasteiger partial charge in [0.25, 0.3) is 0 Å². The number of sulfonamides is 1. The Morgan fingerprint density at radius 1 is 1.21 bits per heavy atom. The first-order valence-electron chi connectivity index (χ1n) is 10.9. The second kappa shape index (κ2) is 9.25. The number of anilines is 1. The third-order valence-corrected chi connectivity index (χ3v) is 9.28. The van der Waals surface area contributed by atoms with Crippen molar-refractivity contribution in [2.75, 3.05) is 25.0 Å². The predicted octanol–water partition coefficient (Wildman–Crippen LogP) is 2.87. The van der Waals surface area contributed by atoms with Gasteiger partial charge in [-0.25, -0.2) is 8.42 Å². The fourth-order valence-corrected chi connectivity index (χ4v) is 7.07. The summed E-state index contributed by atoms with van der Waals surface area (Å²) in [7, 11) is -3.68. The lowest BCUT2D eigenvalue weighted by atomic mass is 9.98. The molecule has 1 N–H and O–H groups in total. The van der Waals surface area contributed by atoms with Crippen molar-refractivity contribution in [1.82, 2.24) is 9.21 Å². The van der Waals surface area contributed by atoms with Gasteiger partial charge in [-0.2, -0.15) is 9.57 Å². The number of piperidine rings is 1. The number of amides is 2. The minimum atomic E-state index is -3.68. The number of nitriles is 1. The van der Waals surface area contributed by atoms with Crippen LogP contribution in [0.3, 0.4) is 0 Å². The molecule has 3 heterocycles. The molecule has 1 atom stereocenters. The first-order valence-corrected chi connectivity index (χ1v) is 13.1. The van der Waals surface area contributed by atoms with Crippen LogP contribution in [0.4, 0.5) is 5.00 Å². The van der Waals surface area contributed by atoms with Gasteiger partial charge in [0, 0.05) is 31.4 Å². The Hall–Kier alpha value is -2.74. The molecule has 1 saturated heterocycles. The molecular weight excluding hydrogens is 460 g/mol. The topological polar surface area (TPSA) is 111 Å². The summed E-state index contributed by atoms with van der Waals surface area (Å²) in [6, 6.07) is 8.90. The molecule has 1 fully saturated rings. The summed E-state index contributed by atoms with van der Waals surface area (Å²) in [6.07, 6.45) is 1.75. The molecule has 1 aromatic heterocycles. The minimum Gasteiger partial charge on any atom is -0.337 e. The molecule has 0 bridgehead atoms. The molecule has 174 valence electrons. The largest absolute Gasteiger partial charge is 0.337 e. The van der Waals surface area contributed by atoms with Gasteiger partial charge in [-0.05, 0) is 43.9 Å². The number of hydrogen-bond donors (Lipinski definition) is 1. The summed E-state index contributed by atoms with van der Waals surface area (Å²) < 4.78 is 27.5. The molecule has 2 aromatic rings. The van der Waals surface area contributed by atoms with E-state index in [0.717, 1.165) is 16.0 Å². The van der Waals surface area contributed by atoms with Gasteiger partial charge in [-0.15, -0.1) is 11.3 Å². The van der Waals surface area contributed by atoms with Crippen LogP contribution >= 0.6 is 11.3 Å². The maximum absolute atomic E-state index is 13.1. The lowest BCUT2D eigenvalue weighted by Gasteiger charge is -2.31. The first kappa shape index (κ1) is 23.4. The Bertz CT molecular complexity index is 1230. The number of rotatable bonds is 4. The van der Waals surface area contributed by atoms with Crippen LogP contribution in [0.15, 0.2) is 29.2 Å². The molecule has 4 rings (SSSR count). The maximum Gasteiger partial charge on any atom is 0.243 e. The van der Waals surface area contributed by atoms with E-state index in [0.29, 0.717) is 49.5 Å². The van der Waals surface area contributed by atoms with E-state index in [-0.39, 0.29) is 23.3 Å². The van der Waals surface area contributed by atoms with E-state index in [9.17, 15) is 23.3 Å². The van der Waals surface area contributed by atoms with Gasteiger partial charge in [0.2, 0.25) is 21.8 Å². The zero-order valence-corrected chi connectivity index (χ0v) is 20.3. The SMILES string of the molecule is CC(=O)N1CCc2c(sc(NC(=O)C3CCCN(S(=O)(=O)c4ccc(C)cc4)C3)c2C#N)C1. The molecule has 10 heteroatoms. The van der Waals surface area contributed by atoms with Crippen LogP contribution in [-0.4, -0.2) is 49.1 Å². The monoisotopic (exact) mass is 486 g/mol. The number of aryl methyl sites for hydroxylation is 1. The van der Waals surface area contributed by atoms with Crippen molar-refractivity contribution in [2.24, 2.45) is 5.92 Å². The van der Waals surface area contributed by atoms with Gasteiger partial charge < -0.3 is 10.2 Å². The molecule has 0 saturated carbocycles. The predicted molar refractivity (Wildman–Crippen MR) is 125 cm³/mol. The van der Waals surface area contributed by atoms with Crippen molar-refractivity contribution in [1.29, 1.82) is 5.26 Å². The van der Waals surface area contributed by atoms with Crippen LogP contribution in [0.5, 0.6) is 0 Å². The third-order valence-electron chi connectivity index (χ3n) is 6.26. The van der Waals surface area contributed by atoms with Crippen LogP contribution in [0.1, 0.15) is 41.3 Å². The van der Waals surface area contributed by atoms with Crippen molar-refractivity contribution in [3.63, 3.8) is 0 Å². The number of nitrogens with one attached hydrogen (secondary N) is 1. The second-order valence-electron chi connectivity index (χ2n) is 8.51. The summed E-state index contributed by atoms with van der Waals surface area (Å²) in [5.41, 5.74) is 2.32. The van der Waals surface area contributed by atoms with Crippen molar-refractivity contribution in [3.05, 3.63) is 45.8 Å². The molecular formula is C23H26N4O4S2. The van der Waals surface area contributed by atoms with Gasteiger partial charge >= 0.3 is 0 Å². The lowest BCUT2D eigenvalue weighted by Crippen LogP contribution is -2.43. The van der Waals surface area contributed by atoms with E-state index < -0.39 is 15.9 Å². The number of carbonyl (C=O) groups excluding carboxylic acids is 2. The minimum absolute atomic E-state index is 0.0183. The van der Waals surface area contributed by atoms with E-state index in [1.807, 2.05) is 6.92 Å². The molecule has 2 aliphatic rings. The molecule has 2 amide bonds. The third kappa shape index (κ3) is 4.67. The Labute approximate surface area is 197 Å². The van der Waals surface area contributed by atoms with E-state index in [2.05, 4.69) is 11.4 Å². The number of benzene rings is 1. The first-order chi connectivity index (χ1) is 15.7. The van der Waals surface area contributed by atoms with Gasteiger partial charge in [0.05, 0.1) is 22.9 Å². The Balaban J connectivity index is 1.50. The normalized spacial score (nSPS) is 18.9. The molecule has 0 spiro atoms. The number of fused-ring (bicyclic) bond motifs is 1. The number of hydrogen-bond acceptors (Lipinski definition) is 6. The number of carbonyl (C=O) groups is 2. The van der Waals surface area contributed by atoms with Gasteiger partial charge in [-0.1, -0.05) is 17.7 Å². The molecule has 0 radical (unpaired) electrons. The average Bonchev–Trinajstić information content (AvgIpc) is 3.15. The quantitative estimate of drug-likeness (QED) is 0.714. The van der Waals surface area contributed by atoms with Gasteiger partial charge in [0.1, 0.15) is 11.1 Å². The van der Waals surface area contributed by atoms with Crippen LogP contribution in [-0.2, 0) is 32.6 Å². The molecule has 8 nitrogen and oxygen atoms in total. The second-order valence-corrected chi connectivity index (χ2v) is 11.6. The summed E-state index contributed by atoms with van der Waals surface area (Å²) in [5.74, 6) is -0.800. The molecule has 1 unspecified atom stereocenters. The Morgan fingerprint density at radius 3 is 2.61 bits per heavy atom. The maximum atomic E-state index is 13.1. The summed E-state index contributed by atoms with van der Waals surface area (Å²) >= 11 is 1.32. The van der Waals surface area contributed by atoms with E-state index >= 15 is 0 Å². The Kier molecular flexibility index (Phi) is 6.56. The summed E-state index contributed by atoms with van der Waals surface area (Å²) in [5, 5.41) is 13.1. The van der Waals surface area contributed by atoms with Crippen LogP contribution in [0, 0.1) is 24.2 Å². The highest BCUT2D eigenvalue weighted by molar-refractivity contribution is 7.89. The van der Waals surface area contributed by atoms with Crippen LogP contribution in [0.25, 0.3) is 0 Å². The van der Waals surface area contributed by atoms with E-state index in [4.69, 9.17) is 0 Å². The zero-order valence-electron chi connectivity index (χ0n) is 18.6. The zero-order chi connectivity index (χ0) is 23.8. The van der Waals surface area contributed by atoms with Crippen molar-refractivity contribution < 1.29 is 18.0 Å². The van der Waals surface area contributed by atoms with E-state index in [1.54, 1.807) is 29.2 Å². The smallest absolute Gasteiger partial charge is 0.243 e. The van der Waals surface area contributed by atoms with Gasteiger partial charge in [0.15, 0.2) is 0 Å². The van der Waals surface area contributed by atoms with Crippen molar-refractivity contribution >= 4 is 38.2 Å². The van der Waals surface area contributed by atoms with Crippen molar-refractivity contribution in [2.45, 2.75) is 44.6 Å². The summed E-state index contributed by atoms with van der Waals surface area (Å²) in [4.78, 5) is 27.7. The molecule has 0 aliphatic carbocycles. The van der Waals surface area contributed by atoms with E-state index in [1.165, 1.54) is 22.6 Å². The molecule has 33 heavy (non-hydrogen) atoms. The highest BCUT2D eigenvalue weighted by atomic mass is 32.2. The van der Waals surface area contributed by atoms with Crippen molar-refractivity contribution in [3.8, 4) is 6.07 Å². The fraction of sp³-hybridized carbons (Fsp3) is 0.435. The number of thiophene rings is 1. The highest BCUT2D eigenvalue weighted by Gasteiger charge is 2.34. The highest BCUT2D eigenvalue weighted by Crippen LogP contribution is 2.37. The van der Waals surface area contributed by atoms with Crippen LogP contribution < -0.4 is 5.32 Å². The average molecular weight is 487 g/mol. The van der Waals surface area contributed by atoms with Crippen LogP contribution in [0.2, 0.25) is 0 Å². The number of nitrogens with zero attached hydrogens (tertiary/aromatic N) is 3. The lowest BCUT2D eigenvalue weighted by molar-refractivity contribution is -0.129. The Morgan fingerprint density at radius 2 is 1.94 bits per heavy atom. The molecule has 2 aliphatic heterocycles. The summed E-state index contributed by atoms with van der Waals surface area (Å²) in [6.45, 7) is 4.88. The molecule has 1 aromatic carbocycles.